The van der Waals surface area contributed by atoms with Crippen LogP contribution in [0.1, 0.15) is 39.2 Å². The Morgan fingerprint density at radius 1 is 1.11 bits per heavy atom. The van der Waals surface area contributed by atoms with E-state index in [-0.39, 0.29) is 31.1 Å². The van der Waals surface area contributed by atoms with Gasteiger partial charge in [-0.2, -0.15) is 0 Å². The molecule has 0 aliphatic carbocycles. The van der Waals surface area contributed by atoms with E-state index in [4.69, 9.17) is 4.74 Å². The van der Waals surface area contributed by atoms with Crippen molar-refractivity contribution in [2.75, 3.05) is 19.8 Å². The van der Waals surface area contributed by atoms with Crippen molar-refractivity contribution in [3.05, 3.63) is 60.2 Å². The first-order chi connectivity index (χ1) is 17.8. The second-order valence-electron chi connectivity index (χ2n) is 10.8. The molecule has 1 aromatic rings. The first-order valence-corrected chi connectivity index (χ1v) is 14.1. The maximum atomic E-state index is 14.4. The average Bonchev–Trinajstić information content (AvgIpc) is 3.14. The zero-order valence-electron chi connectivity index (χ0n) is 21.7. The number of rotatable bonds is 7. The first-order valence-electron chi connectivity index (χ1n) is 13.3. The van der Waals surface area contributed by atoms with E-state index in [2.05, 4.69) is 6.92 Å². The van der Waals surface area contributed by atoms with E-state index in [0.717, 1.165) is 18.4 Å². The second-order valence-corrected chi connectivity index (χ2v) is 12.6. The molecule has 198 valence electrons. The van der Waals surface area contributed by atoms with E-state index in [1.54, 1.807) is 4.90 Å². The van der Waals surface area contributed by atoms with Gasteiger partial charge in [-0.1, -0.05) is 61.9 Å². The number of carbonyl (C=O) groups excluding carboxylic acids is 3. The van der Waals surface area contributed by atoms with E-state index >= 15 is 0 Å². The summed E-state index contributed by atoms with van der Waals surface area (Å²) in [7, 11) is 0. The zero-order valence-corrected chi connectivity index (χ0v) is 22.5. The molecule has 7 atom stereocenters. The Labute approximate surface area is 222 Å². The summed E-state index contributed by atoms with van der Waals surface area (Å²) in [5.74, 6) is -2.24. The number of aliphatic hydroxyl groups excluding tert-OH is 1. The number of ether oxygens (including phenoxy) is 1. The number of carbonyl (C=O) groups is 3. The number of cyclic esters (lactones) is 1. The molecule has 0 saturated carbocycles. The van der Waals surface area contributed by atoms with Crippen LogP contribution in [-0.4, -0.2) is 80.1 Å². The average molecular weight is 525 g/mol. The van der Waals surface area contributed by atoms with Gasteiger partial charge in [-0.25, -0.2) is 0 Å². The Morgan fingerprint density at radius 3 is 2.57 bits per heavy atom. The van der Waals surface area contributed by atoms with Crippen LogP contribution in [-0.2, 0) is 25.5 Å². The normalized spacial score (nSPS) is 34.4. The van der Waals surface area contributed by atoms with Crippen molar-refractivity contribution in [3.63, 3.8) is 0 Å². The van der Waals surface area contributed by atoms with Crippen LogP contribution in [0, 0.1) is 11.8 Å². The minimum absolute atomic E-state index is 0.00679. The molecule has 2 fully saturated rings. The third kappa shape index (κ3) is 4.13. The quantitative estimate of drug-likeness (QED) is 0.436. The minimum atomic E-state index is -0.931. The number of hydrogen-bond donors (Lipinski definition) is 1. The highest BCUT2D eigenvalue weighted by atomic mass is 32.2. The highest BCUT2D eigenvalue weighted by Crippen LogP contribution is 2.65. The first kappa shape index (κ1) is 26.0. The van der Waals surface area contributed by atoms with Gasteiger partial charge in [0.1, 0.15) is 12.6 Å². The van der Waals surface area contributed by atoms with Crippen molar-refractivity contribution in [1.29, 1.82) is 0 Å². The van der Waals surface area contributed by atoms with Gasteiger partial charge in [0, 0.05) is 17.3 Å². The number of fused-ring (bicyclic) bond motifs is 2. The van der Waals surface area contributed by atoms with E-state index < -0.39 is 39.4 Å². The molecule has 1 spiro atoms. The van der Waals surface area contributed by atoms with Gasteiger partial charge in [0.2, 0.25) is 11.8 Å². The Kier molecular flexibility index (Phi) is 7.00. The zero-order chi connectivity index (χ0) is 26.4. The fraction of sp³-hybridized carbons (Fsp3) is 0.552. The number of nitrogens with zero attached hydrogens (tertiary/aromatic N) is 2. The summed E-state index contributed by atoms with van der Waals surface area (Å²) in [5, 5.41) is 10.6. The largest absolute Gasteiger partial charge is 0.461 e. The second kappa shape index (κ2) is 9.95. The van der Waals surface area contributed by atoms with Gasteiger partial charge >= 0.3 is 5.97 Å². The molecule has 1 aromatic carbocycles. The number of thioether (sulfide) groups is 1. The summed E-state index contributed by atoms with van der Waals surface area (Å²) < 4.78 is 3.89. The van der Waals surface area contributed by atoms with Crippen molar-refractivity contribution in [1.82, 2.24) is 9.80 Å². The molecular formula is C29H36N2O5S. The van der Waals surface area contributed by atoms with Crippen molar-refractivity contribution < 1.29 is 24.2 Å². The summed E-state index contributed by atoms with van der Waals surface area (Å²) >= 11 is 1.54. The molecule has 0 radical (unpaired) electrons. The lowest BCUT2D eigenvalue weighted by molar-refractivity contribution is -0.153. The molecule has 4 aliphatic rings. The van der Waals surface area contributed by atoms with Crippen LogP contribution in [0.3, 0.4) is 0 Å². The number of aliphatic hydroxyl groups is 1. The number of benzene rings is 1. The summed E-state index contributed by atoms with van der Waals surface area (Å²) in [4.78, 5) is 45.6. The molecule has 0 bridgehead atoms. The predicted octanol–water partition coefficient (Wildman–Crippen LogP) is 2.98. The van der Waals surface area contributed by atoms with Crippen LogP contribution in [0.25, 0.3) is 0 Å². The van der Waals surface area contributed by atoms with E-state index in [0.29, 0.717) is 13.0 Å². The van der Waals surface area contributed by atoms with Crippen LogP contribution in [0.5, 0.6) is 0 Å². The van der Waals surface area contributed by atoms with Crippen LogP contribution in [0.4, 0.5) is 0 Å². The summed E-state index contributed by atoms with van der Waals surface area (Å²) in [6.07, 6.45) is 10.0. The van der Waals surface area contributed by atoms with E-state index in [1.807, 2.05) is 73.4 Å². The Morgan fingerprint density at radius 2 is 1.86 bits per heavy atom. The summed E-state index contributed by atoms with van der Waals surface area (Å²) in [6.45, 7) is 6.47. The van der Waals surface area contributed by atoms with Crippen molar-refractivity contribution in [2.24, 2.45) is 11.8 Å². The molecule has 2 amide bonds. The van der Waals surface area contributed by atoms with Crippen molar-refractivity contribution in [3.8, 4) is 0 Å². The fourth-order valence-corrected chi connectivity index (χ4v) is 8.95. The molecule has 5 rings (SSSR count). The SMILES string of the molecule is CCCC(C)N1CC=C[C@]23S[C@@]4(C)C=CCOC(=O)[C@H]4[C@H]2C(=O)N([C@@H](CO)Cc2ccccc2)C3C1=O. The summed E-state index contributed by atoms with van der Waals surface area (Å²) in [5.41, 5.74) is 0.975. The van der Waals surface area contributed by atoms with Crippen LogP contribution in [0.2, 0.25) is 0 Å². The van der Waals surface area contributed by atoms with Crippen LogP contribution >= 0.6 is 11.8 Å². The number of hydrogen-bond acceptors (Lipinski definition) is 6. The van der Waals surface area contributed by atoms with Gasteiger partial charge in [0.25, 0.3) is 0 Å². The van der Waals surface area contributed by atoms with E-state index in [1.165, 1.54) is 11.8 Å². The monoisotopic (exact) mass is 524 g/mol. The van der Waals surface area contributed by atoms with Crippen molar-refractivity contribution in [2.45, 2.75) is 67.7 Å². The Balaban J connectivity index is 1.64. The van der Waals surface area contributed by atoms with Gasteiger partial charge in [-0.15, -0.1) is 11.8 Å². The molecule has 0 aromatic heterocycles. The molecule has 2 saturated heterocycles. The van der Waals surface area contributed by atoms with Gasteiger partial charge in [-0.05, 0) is 38.3 Å². The van der Waals surface area contributed by atoms with Crippen LogP contribution < -0.4 is 0 Å². The predicted molar refractivity (Wildman–Crippen MR) is 143 cm³/mol. The van der Waals surface area contributed by atoms with E-state index in [9.17, 15) is 19.5 Å². The number of esters is 1. The topological polar surface area (TPSA) is 87.2 Å². The molecule has 37 heavy (non-hydrogen) atoms. The number of amides is 2. The third-order valence-corrected chi connectivity index (χ3v) is 10.2. The van der Waals surface area contributed by atoms with Crippen LogP contribution in [0.15, 0.2) is 54.6 Å². The molecule has 1 N–H and O–H groups in total. The molecule has 8 heteroatoms. The van der Waals surface area contributed by atoms with Gasteiger partial charge < -0.3 is 19.6 Å². The van der Waals surface area contributed by atoms with Gasteiger partial charge in [0.15, 0.2) is 0 Å². The maximum absolute atomic E-state index is 14.4. The fourth-order valence-electron chi connectivity index (χ4n) is 6.81. The van der Waals surface area contributed by atoms with Gasteiger partial charge in [-0.3, -0.25) is 14.4 Å². The highest BCUT2D eigenvalue weighted by molar-refractivity contribution is 8.02. The Bertz CT molecular complexity index is 1120. The van der Waals surface area contributed by atoms with Gasteiger partial charge in [0.05, 0.1) is 29.2 Å². The lowest BCUT2D eigenvalue weighted by Crippen LogP contribution is -2.58. The molecular weight excluding hydrogens is 488 g/mol. The lowest BCUT2D eigenvalue weighted by atomic mass is 9.75. The smallest absolute Gasteiger partial charge is 0.311 e. The standard InChI is InChI=1S/C29H36N2O5S/c1-4-10-19(2)30-15-8-14-29-22(23-27(35)36-16-9-13-28(23,3)37-29)25(33)31(24(29)26(30)34)21(18-32)17-20-11-6-5-7-12-20/h5-9,11-14,19,21-24,32H,4,10,15-18H2,1-3H3/t19?,21-,22+,23-,24?,28+,29+/m1/s1. The van der Waals surface area contributed by atoms with Crippen molar-refractivity contribution >= 4 is 29.5 Å². The highest BCUT2D eigenvalue weighted by Gasteiger charge is 2.74. The molecule has 7 nitrogen and oxygen atoms in total. The lowest BCUT2D eigenvalue weighted by Gasteiger charge is -2.40. The molecule has 4 aliphatic heterocycles. The number of likely N-dealkylation sites (tertiary alicyclic amines) is 1. The minimum Gasteiger partial charge on any atom is -0.461 e. The Hall–Kier alpha value is -2.58. The molecule has 2 unspecified atom stereocenters. The molecule has 4 heterocycles. The maximum Gasteiger partial charge on any atom is 0.311 e. The summed E-state index contributed by atoms with van der Waals surface area (Å²) in [6, 6.07) is 8.29. The third-order valence-electron chi connectivity index (χ3n) is 8.44.